The minimum atomic E-state index is -1.70. The summed E-state index contributed by atoms with van der Waals surface area (Å²) >= 11 is 6.53. The van der Waals surface area contributed by atoms with Gasteiger partial charge in [0, 0.05) is 17.0 Å². The predicted molar refractivity (Wildman–Crippen MR) is 108 cm³/mol. The summed E-state index contributed by atoms with van der Waals surface area (Å²) in [6.07, 6.45) is -5.16. The quantitative estimate of drug-likeness (QED) is 0.573. The van der Waals surface area contributed by atoms with Crippen LogP contribution in [0.3, 0.4) is 0 Å². The van der Waals surface area contributed by atoms with E-state index in [-0.39, 0.29) is 6.61 Å². The van der Waals surface area contributed by atoms with Crippen LogP contribution in [0.25, 0.3) is 0 Å². The molecule has 1 saturated heterocycles. The molecule has 0 radical (unpaired) electrons. The topological polar surface area (TPSA) is 109 Å². The number of aliphatic hydroxyl groups is 4. The van der Waals surface area contributed by atoms with Crippen LogP contribution >= 0.6 is 11.6 Å². The molecule has 30 heavy (non-hydrogen) atoms. The molecule has 2 heterocycles. The first-order valence-corrected chi connectivity index (χ1v) is 10.1. The van der Waals surface area contributed by atoms with E-state index in [1.54, 1.807) is 19.2 Å². The monoisotopic (exact) mass is 436 g/mol. The zero-order valence-electron chi connectivity index (χ0n) is 16.7. The molecule has 2 aliphatic heterocycles. The number of aliphatic hydroxyl groups excluding tert-OH is 4. The number of aryl methyl sites for hydroxylation is 1. The van der Waals surface area contributed by atoms with E-state index in [9.17, 15) is 20.4 Å². The highest BCUT2D eigenvalue weighted by Gasteiger charge is 2.58. The lowest BCUT2D eigenvalue weighted by Crippen LogP contribution is -2.63. The summed E-state index contributed by atoms with van der Waals surface area (Å²) in [5.41, 5.74) is 4.00. The second kappa shape index (κ2) is 8.09. The van der Waals surface area contributed by atoms with E-state index in [0.717, 1.165) is 22.4 Å². The van der Waals surface area contributed by atoms with Gasteiger partial charge in [0.05, 0.1) is 20.3 Å². The number of hydrogen-bond acceptors (Lipinski definition) is 7. The molecule has 0 aromatic heterocycles. The third-order valence-corrected chi connectivity index (χ3v) is 6.22. The maximum Gasteiger partial charge on any atom is 0.225 e. The Morgan fingerprint density at radius 1 is 1.13 bits per heavy atom. The summed E-state index contributed by atoms with van der Waals surface area (Å²) in [4.78, 5) is 0. The summed E-state index contributed by atoms with van der Waals surface area (Å²) < 4.78 is 17.1. The molecule has 2 aromatic carbocycles. The molecule has 1 fully saturated rings. The molecule has 2 aromatic rings. The molecule has 0 bridgehead atoms. The first kappa shape index (κ1) is 21.5. The molecule has 2 aliphatic rings. The number of methoxy groups -OCH3 is 1. The van der Waals surface area contributed by atoms with Crippen LogP contribution in [0.2, 0.25) is 5.02 Å². The van der Waals surface area contributed by atoms with E-state index >= 15 is 0 Å². The van der Waals surface area contributed by atoms with Crippen LogP contribution in [0.15, 0.2) is 30.3 Å². The van der Waals surface area contributed by atoms with Crippen LogP contribution in [-0.4, -0.2) is 58.6 Å². The zero-order chi connectivity index (χ0) is 21.6. The summed E-state index contributed by atoms with van der Waals surface area (Å²) in [5.74, 6) is -0.955. The molecule has 162 valence electrons. The molecule has 1 spiro atoms. The first-order valence-electron chi connectivity index (χ1n) is 9.73. The predicted octanol–water partition coefficient (Wildman–Crippen LogP) is 1.40. The molecule has 0 aliphatic carbocycles. The maximum atomic E-state index is 10.7. The highest BCUT2D eigenvalue weighted by Crippen LogP contribution is 2.47. The first-order chi connectivity index (χ1) is 14.3. The van der Waals surface area contributed by atoms with Gasteiger partial charge in [0.1, 0.15) is 30.2 Å². The van der Waals surface area contributed by atoms with Crippen LogP contribution < -0.4 is 4.74 Å². The molecule has 4 rings (SSSR count). The van der Waals surface area contributed by atoms with Gasteiger partial charge in [-0.05, 0) is 47.4 Å². The molecule has 0 unspecified atom stereocenters. The normalized spacial score (nSPS) is 30.5. The number of fused-ring (bicyclic) bond motifs is 2. The molecular weight excluding hydrogens is 412 g/mol. The number of benzene rings is 2. The van der Waals surface area contributed by atoms with Gasteiger partial charge in [0.2, 0.25) is 5.79 Å². The van der Waals surface area contributed by atoms with Crippen molar-refractivity contribution >= 4 is 11.6 Å². The number of rotatable bonds is 4. The fourth-order valence-electron chi connectivity index (χ4n) is 4.19. The lowest BCUT2D eigenvalue weighted by Gasteiger charge is -2.46. The zero-order valence-corrected chi connectivity index (χ0v) is 17.5. The van der Waals surface area contributed by atoms with E-state index in [1.165, 1.54) is 0 Å². The lowest BCUT2D eigenvalue weighted by molar-refractivity contribution is -0.368. The van der Waals surface area contributed by atoms with Gasteiger partial charge in [-0.3, -0.25) is 0 Å². The highest BCUT2D eigenvalue weighted by atomic mass is 35.5. The van der Waals surface area contributed by atoms with Crippen LogP contribution in [-0.2, 0) is 28.3 Å². The molecule has 7 nitrogen and oxygen atoms in total. The summed E-state index contributed by atoms with van der Waals surface area (Å²) in [5, 5.41) is 41.2. The SMILES string of the molecule is COc1cc(C)ccc1Cc1cc2c(cc1Cl)CO[C@]21O[C@H](CO)[C@@H](O)[C@H](O)[C@H]1O. The molecule has 4 N–H and O–H groups in total. The average Bonchev–Trinajstić information content (AvgIpc) is 3.08. The fourth-order valence-corrected chi connectivity index (χ4v) is 4.44. The third kappa shape index (κ3) is 3.40. The van der Waals surface area contributed by atoms with Gasteiger partial charge in [0.15, 0.2) is 0 Å². The fraction of sp³-hybridized carbons (Fsp3) is 0.455. The Bertz CT molecular complexity index is 947. The van der Waals surface area contributed by atoms with E-state index in [1.807, 2.05) is 25.1 Å². The number of hydrogen-bond donors (Lipinski definition) is 4. The Morgan fingerprint density at radius 2 is 1.90 bits per heavy atom. The minimum absolute atomic E-state index is 0.112. The van der Waals surface area contributed by atoms with Gasteiger partial charge in [-0.15, -0.1) is 0 Å². The molecule has 0 amide bonds. The largest absolute Gasteiger partial charge is 0.496 e. The van der Waals surface area contributed by atoms with Crippen molar-refractivity contribution in [3.63, 3.8) is 0 Å². The van der Waals surface area contributed by atoms with Crippen molar-refractivity contribution in [2.45, 2.75) is 50.2 Å². The Balaban J connectivity index is 1.75. The van der Waals surface area contributed by atoms with Gasteiger partial charge < -0.3 is 34.6 Å². The average molecular weight is 437 g/mol. The Labute approximate surface area is 179 Å². The van der Waals surface area contributed by atoms with Crippen molar-refractivity contribution in [1.82, 2.24) is 0 Å². The maximum absolute atomic E-state index is 10.7. The summed E-state index contributed by atoms with van der Waals surface area (Å²) in [7, 11) is 1.61. The van der Waals surface area contributed by atoms with Gasteiger partial charge in [0.25, 0.3) is 0 Å². The van der Waals surface area contributed by atoms with E-state index < -0.39 is 36.8 Å². The Kier molecular flexibility index (Phi) is 5.80. The van der Waals surface area contributed by atoms with Gasteiger partial charge in [-0.1, -0.05) is 23.7 Å². The number of ether oxygens (including phenoxy) is 3. The van der Waals surface area contributed by atoms with Gasteiger partial charge >= 0.3 is 0 Å². The second-order valence-electron chi connectivity index (χ2n) is 7.81. The summed E-state index contributed by atoms with van der Waals surface area (Å²) in [6, 6.07) is 9.44. The van der Waals surface area contributed by atoms with Crippen molar-refractivity contribution in [3.8, 4) is 5.75 Å². The van der Waals surface area contributed by atoms with Gasteiger partial charge in [-0.2, -0.15) is 0 Å². The van der Waals surface area contributed by atoms with E-state index in [0.29, 0.717) is 22.6 Å². The molecule has 5 atom stereocenters. The highest BCUT2D eigenvalue weighted by molar-refractivity contribution is 6.31. The molecular formula is C22H25ClO7. The van der Waals surface area contributed by atoms with Crippen LogP contribution in [0, 0.1) is 6.92 Å². The second-order valence-corrected chi connectivity index (χ2v) is 8.22. The summed E-state index contributed by atoms with van der Waals surface area (Å²) in [6.45, 7) is 1.56. The van der Waals surface area contributed by atoms with Crippen LogP contribution in [0.1, 0.15) is 27.8 Å². The van der Waals surface area contributed by atoms with E-state index in [2.05, 4.69) is 0 Å². The van der Waals surface area contributed by atoms with Crippen molar-refractivity contribution in [2.75, 3.05) is 13.7 Å². The number of halogens is 1. The third-order valence-electron chi connectivity index (χ3n) is 5.86. The van der Waals surface area contributed by atoms with Crippen molar-refractivity contribution in [3.05, 3.63) is 63.2 Å². The lowest BCUT2D eigenvalue weighted by atomic mass is 9.86. The van der Waals surface area contributed by atoms with Crippen LogP contribution in [0.5, 0.6) is 5.75 Å². The molecule has 8 heteroatoms. The van der Waals surface area contributed by atoms with E-state index in [4.69, 9.17) is 25.8 Å². The van der Waals surface area contributed by atoms with Crippen LogP contribution in [0.4, 0.5) is 0 Å². The Morgan fingerprint density at radius 3 is 2.60 bits per heavy atom. The standard InChI is InChI=1S/C22H25ClO7/c1-11-3-4-12(17(5-11)28-2)6-13-7-15-14(8-16(13)23)10-29-22(15)21(27)20(26)19(25)18(9-24)30-22/h3-5,7-8,18-21,24-27H,6,9-10H2,1-2H3/t18-,19-,20+,21-,22+/m1/s1. The minimum Gasteiger partial charge on any atom is -0.496 e. The van der Waals surface area contributed by atoms with Crippen molar-refractivity contribution in [1.29, 1.82) is 0 Å². The van der Waals surface area contributed by atoms with Gasteiger partial charge in [-0.25, -0.2) is 0 Å². The Hall–Kier alpha value is -1.71. The smallest absolute Gasteiger partial charge is 0.225 e. The van der Waals surface area contributed by atoms with Crippen molar-refractivity contribution in [2.24, 2.45) is 0 Å². The molecule has 0 saturated carbocycles. The van der Waals surface area contributed by atoms with Crippen molar-refractivity contribution < 1.29 is 34.6 Å².